The van der Waals surface area contributed by atoms with Gasteiger partial charge in [0.15, 0.2) is 0 Å². The van der Waals surface area contributed by atoms with Crippen LogP contribution in [0.2, 0.25) is 5.02 Å². The van der Waals surface area contributed by atoms with Crippen molar-refractivity contribution in [2.45, 2.75) is 0 Å². The first-order valence-corrected chi connectivity index (χ1v) is 6.80. The van der Waals surface area contributed by atoms with Gasteiger partial charge in [-0.2, -0.15) is 0 Å². The molecule has 21 heavy (non-hydrogen) atoms. The molecule has 4 heteroatoms. The lowest BCUT2D eigenvalue weighted by atomic mass is 10.0. The Hall–Kier alpha value is -2.52. The van der Waals surface area contributed by atoms with Gasteiger partial charge in [0.2, 0.25) is 0 Å². The van der Waals surface area contributed by atoms with E-state index in [1.165, 1.54) is 0 Å². The fourth-order valence-corrected chi connectivity index (χ4v) is 2.87. The summed E-state index contributed by atoms with van der Waals surface area (Å²) in [6.45, 7) is 0. The van der Waals surface area contributed by atoms with Crippen molar-refractivity contribution >= 4 is 44.1 Å². The van der Waals surface area contributed by atoms with Gasteiger partial charge in [-0.25, -0.2) is 4.79 Å². The smallest absolute Gasteiger partial charge is 0.344 e. The second-order valence-corrected chi connectivity index (χ2v) is 5.34. The highest BCUT2D eigenvalue weighted by molar-refractivity contribution is 6.31. The summed E-state index contributed by atoms with van der Waals surface area (Å²) in [7, 11) is 0. The van der Waals surface area contributed by atoms with Gasteiger partial charge in [0, 0.05) is 27.2 Å². The predicted octanol–water partition coefficient (Wildman–Crippen LogP) is 4.46. The number of hydrogen-bond donors (Lipinski definition) is 1. The summed E-state index contributed by atoms with van der Waals surface area (Å²) in [5, 5.41) is 14.1. The number of benzene rings is 3. The molecule has 0 aliphatic rings. The third-order valence-electron chi connectivity index (χ3n) is 3.66. The van der Waals surface area contributed by atoms with E-state index in [4.69, 9.17) is 16.0 Å². The summed E-state index contributed by atoms with van der Waals surface area (Å²) < 4.78 is 5.31. The topological polar surface area (TPSA) is 50.4 Å². The molecule has 1 heterocycles. The van der Waals surface area contributed by atoms with E-state index in [0.717, 1.165) is 5.39 Å². The lowest BCUT2D eigenvalue weighted by molar-refractivity contribution is 0.487. The van der Waals surface area contributed by atoms with E-state index in [1.54, 1.807) is 24.3 Å². The lowest BCUT2D eigenvalue weighted by Crippen LogP contribution is -2.00. The molecule has 0 unspecified atom stereocenters. The van der Waals surface area contributed by atoms with Gasteiger partial charge in [0.05, 0.1) is 5.39 Å². The molecule has 0 atom stereocenters. The zero-order chi connectivity index (χ0) is 14.6. The molecule has 3 aromatic carbocycles. The maximum Gasteiger partial charge on any atom is 0.344 e. The molecule has 1 aromatic heterocycles. The van der Waals surface area contributed by atoms with Gasteiger partial charge in [0.1, 0.15) is 11.3 Å². The van der Waals surface area contributed by atoms with E-state index < -0.39 is 5.63 Å². The molecule has 1 N–H and O–H groups in total. The van der Waals surface area contributed by atoms with Crippen molar-refractivity contribution in [1.29, 1.82) is 0 Å². The van der Waals surface area contributed by atoms with Crippen LogP contribution in [0.4, 0.5) is 0 Å². The lowest BCUT2D eigenvalue weighted by Gasteiger charge is -2.08. The van der Waals surface area contributed by atoms with Gasteiger partial charge in [-0.3, -0.25) is 0 Å². The van der Waals surface area contributed by atoms with Crippen LogP contribution in [-0.4, -0.2) is 5.11 Å². The zero-order valence-corrected chi connectivity index (χ0v) is 11.5. The maximum atomic E-state index is 12.2. The summed E-state index contributed by atoms with van der Waals surface area (Å²) in [6.07, 6.45) is 0. The summed E-state index contributed by atoms with van der Waals surface area (Å²) in [6, 6.07) is 14.1. The van der Waals surface area contributed by atoms with E-state index in [1.807, 2.05) is 24.3 Å². The Morgan fingerprint density at radius 1 is 0.952 bits per heavy atom. The molecule has 0 spiro atoms. The predicted molar refractivity (Wildman–Crippen MR) is 84.2 cm³/mol. The molecule has 0 fully saturated rings. The average Bonchev–Trinajstić information content (AvgIpc) is 2.48. The molecule has 102 valence electrons. The summed E-state index contributed by atoms with van der Waals surface area (Å²) in [4.78, 5) is 12.2. The van der Waals surface area contributed by atoms with Crippen LogP contribution in [0.3, 0.4) is 0 Å². The standard InChI is InChI=1S/C17H9ClO3/c18-10-5-6-12-14(8-10)21-17(20)13-7-9-3-1-2-4-11(9)16(19)15(12)13/h1-8,19H. The molecule has 0 aliphatic heterocycles. The van der Waals surface area contributed by atoms with Crippen LogP contribution < -0.4 is 5.63 Å². The van der Waals surface area contributed by atoms with E-state index in [9.17, 15) is 9.90 Å². The van der Waals surface area contributed by atoms with E-state index >= 15 is 0 Å². The van der Waals surface area contributed by atoms with Crippen LogP contribution in [0.25, 0.3) is 32.5 Å². The molecule has 0 amide bonds. The Labute approximate surface area is 124 Å². The largest absolute Gasteiger partial charge is 0.507 e. The fraction of sp³-hybridized carbons (Fsp3) is 0. The molecule has 0 saturated carbocycles. The second-order valence-electron chi connectivity index (χ2n) is 4.90. The van der Waals surface area contributed by atoms with Crippen LogP contribution in [0.5, 0.6) is 5.75 Å². The van der Waals surface area contributed by atoms with E-state index in [2.05, 4.69) is 0 Å². The number of phenolic OH excluding ortho intramolecular Hbond substituents is 1. The first-order valence-electron chi connectivity index (χ1n) is 6.42. The Kier molecular flexibility index (Phi) is 2.47. The monoisotopic (exact) mass is 296 g/mol. The highest BCUT2D eigenvalue weighted by Gasteiger charge is 2.14. The quantitative estimate of drug-likeness (QED) is 0.296. The number of rotatable bonds is 0. The first kappa shape index (κ1) is 12.2. The Morgan fingerprint density at radius 2 is 1.76 bits per heavy atom. The molecule has 0 saturated heterocycles. The number of fused-ring (bicyclic) bond motifs is 4. The van der Waals surface area contributed by atoms with Crippen molar-refractivity contribution in [1.82, 2.24) is 0 Å². The van der Waals surface area contributed by atoms with Crippen LogP contribution >= 0.6 is 11.6 Å². The van der Waals surface area contributed by atoms with Crippen molar-refractivity contribution in [2.75, 3.05) is 0 Å². The van der Waals surface area contributed by atoms with Crippen molar-refractivity contribution in [3.05, 3.63) is 64.0 Å². The average molecular weight is 297 g/mol. The van der Waals surface area contributed by atoms with Crippen LogP contribution in [-0.2, 0) is 0 Å². The van der Waals surface area contributed by atoms with Crippen molar-refractivity contribution in [2.24, 2.45) is 0 Å². The van der Waals surface area contributed by atoms with Gasteiger partial charge in [-0.15, -0.1) is 0 Å². The van der Waals surface area contributed by atoms with Gasteiger partial charge in [0.25, 0.3) is 0 Å². The van der Waals surface area contributed by atoms with Gasteiger partial charge in [-0.1, -0.05) is 35.9 Å². The van der Waals surface area contributed by atoms with Crippen molar-refractivity contribution in [3.63, 3.8) is 0 Å². The minimum absolute atomic E-state index is 0.0864. The van der Waals surface area contributed by atoms with Crippen LogP contribution in [0.15, 0.2) is 57.7 Å². The third kappa shape index (κ3) is 1.71. The minimum Gasteiger partial charge on any atom is -0.507 e. The molecular weight excluding hydrogens is 288 g/mol. The second kappa shape index (κ2) is 4.24. The molecular formula is C17H9ClO3. The van der Waals surface area contributed by atoms with Crippen molar-refractivity contribution < 1.29 is 9.52 Å². The Morgan fingerprint density at radius 3 is 2.62 bits per heavy atom. The van der Waals surface area contributed by atoms with Gasteiger partial charge >= 0.3 is 5.63 Å². The number of aromatic hydroxyl groups is 1. The molecule has 0 aliphatic carbocycles. The molecule has 4 aromatic rings. The maximum absolute atomic E-state index is 12.2. The van der Waals surface area contributed by atoms with E-state index in [0.29, 0.717) is 32.2 Å². The number of halogens is 1. The highest BCUT2D eigenvalue weighted by Crippen LogP contribution is 2.37. The summed E-state index contributed by atoms with van der Waals surface area (Å²) >= 11 is 5.93. The molecule has 3 nitrogen and oxygen atoms in total. The SMILES string of the molecule is O=c1oc2cc(Cl)ccc2c2c(O)c3ccccc3cc12. The molecule has 0 radical (unpaired) electrons. The highest BCUT2D eigenvalue weighted by atomic mass is 35.5. The van der Waals surface area contributed by atoms with Crippen LogP contribution in [0, 0.1) is 0 Å². The van der Waals surface area contributed by atoms with Gasteiger partial charge in [-0.05, 0) is 23.6 Å². The summed E-state index contributed by atoms with van der Waals surface area (Å²) in [5.41, 5.74) is -0.119. The van der Waals surface area contributed by atoms with Crippen molar-refractivity contribution in [3.8, 4) is 5.75 Å². The zero-order valence-electron chi connectivity index (χ0n) is 10.8. The molecule has 0 bridgehead atoms. The molecule has 4 rings (SSSR count). The Balaban J connectivity index is 2.36. The third-order valence-corrected chi connectivity index (χ3v) is 3.89. The fourth-order valence-electron chi connectivity index (χ4n) is 2.70. The first-order chi connectivity index (χ1) is 10.1. The normalized spacial score (nSPS) is 11.5. The number of phenols is 1. The Bertz CT molecular complexity index is 1080. The number of hydrogen-bond acceptors (Lipinski definition) is 3. The minimum atomic E-state index is -0.485. The van der Waals surface area contributed by atoms with E-state index in [-0.39, 0.29) is 5.75 Å². The van der Waals surface area contributed by atoms with Gasteiger partial charge < -0.3 is 9.52 Å². The summed E-state index contributed by atoms with van der Waals surface area (Å²) in [5.74, 6) is 0.0864. The van der Waals surface area contributed by atoms with Crippen LogP contribution in [0.1, 0.15) is 0 Å².